The van der Waals surface area contributed by atoms with Gasteiger partial charge in [0.25, 0.3) is 5.91 Å². The van der Waals surface area contributed by atoms with E-state index in [4.69, 9.17) is 14.9 Å². The van der Waals surface area contributed by atoms with Gasteiger partial charge >= 0.3 is 6.18 Å². The molecule has 182 valence electrons. The number of amides is 1. The Kier molecular flexibility index (Phi) is 6.26. The number of methoxy groups -OCH3 is 1. The lowest BCUT2D eigenvalue weighted by Gasteiger charge is -2.22. The van der Waals surface area contributed by atoms with Gasteiger partial charge in [0.05, 0.1) is 18.8 Å². The lowest BCUT2D eigenvalue weighted by atomic mass is 10.0. The van der Waals surface area contributed by atoms with Crippen molar-refractivity contribution < 1.29 is 32.2 Å². The van der Waals surface area contributed by atoms with Crippen LogP contribution in [-0.4, -0.2) is 40.2 Å². The minimum atomic E-state index is -4.63. The van der Waals surface area contributed by atoms with E-state index in [2.05, 4.69) is 15.3 Å². The van der Waals surface area contributed by atoms with Gasteiger partial charge in [-0.2, -0.15) is 13.2 Å². The highest BCUT2D eigenvalue weighted by atomic mass is 19.4. The van der Waals surface area contributed by atoms with E-state index in [1.54, 1.807) is 13.0 Å². The van der Waals surface area contributed by atoms with E-state index in [9.17, 15) is 23.1 Å². The molecule has 0 saturated heterocycles. The molecule has 1 aliphatic carbocycles. The molecule has 0 aliphatic heterocycles. The molecule has 4 rings (SSSR count). The van der Waals surface area contributed by atoms with Gasteiger partial charge in [0.1, 0.15) is 17.0 Å². The van der Waals surface area contributed by atoms with Gasteiger partial charge in [-0.05, 0) is 44.0 Å². The number of hydrogen-bond donors (Lipinski definition) is 3. The summed E-state index contributed by atoms with van der Waals surface area (Å²) in [5, 5.41) is 13.5. The molecule has 2 heterocycles. The third-order valence-electron chi connectivity index (χ3n) is 5.96. The third kappa shape index (κ3) is 4.58. The standard InChI is InChI=1S/C23H25F3N4O4/c1-12(27)19-18(20(31)28-11-22(32)9-3-4-10-22)30-21(34-19)14-5-7-15(33-2)17-13(14)6-8-16(29-17)23(24,25)26/h5-8,12,32H,3-4,9-11,27H2,1-2H3,(H,28,31)/t12-/m0/s1. The number of carbonyl (C=O) groups is 1. The number of oxazole rings is 1. The maximum absolute atomic E-state index is 13.2. The second-order valence-electron chi connectivity index (χ2n) is 8.54. The van der Waals surface area contributed by atoms with Gasteiger partial charge < -0.3 is 25.3 Å². The van der Waals surface area contributed by atoms with Crippen LogP contribution in [0.3, 0.4) is 0 Å². The predicted octanol–water partition coefficient (Wildman–Crippen LogP) is 3.97. The quantitative estimate of drug-likeness (QED) is 0.490. The van der Waals surface area contributed by atoms with Gasteiger partial charge in [-0.25, -0.2) is 9.97 Å². The maximum Gasteiger partial charge on any atom is 0.433 e. The van der Waals surface area contributed by atoms with Crippen molar-refractivity contribution >= 4 is 16.8 Å². The Balaban J connectivity index is 1.74. The molecule has 1 aromatic carbocycles. The normalized spacial score (nSPS) is 16.6. The molecule has 2 aromatic heterocycles. The Hall–Kier alpha value is -3.18. The molecule has 1 fully saturated rings. The van der Waals surface area contributed by atoms with Crippen molar-refractivity contribution in [3.05, 3.63) is 41.4 Å². The van der Waals surface area contributed by atoms with Crippen molar-refractivity contribution in [2.24, 2.45) is 5.73 Å². The van der Waals surface area contributed by atoms with Gasteiger partial charge in [0.2, 0.25) is 5.89 Å². The summed E-state index contributed by atoms with van der Waals surface area (Å²) < 4.78 is 50.6. The van der Waals surface area contributed by atoms with Crippen molar-refractivity contribution in [1.29, 1.82) is 0 Å². The van der Waals surface area contributed by atoms with Crippen LogP contribution in [0.2, 0.25) is 0 Å². The van der Waals surface area contributed by atoms with Crippen LogP contribution in [0.25, 0.3) is 22.4 Å². The van der Waals surface area contributed by atoms with Gasteiger partial charge in [0.15, 0.2) is 11.5 Å². The summed E-state index contributed by atoms with van der Waals surface area (Å²) >= 11 is 0. The number of carbonyl (C=O) groups excluding carboxylic acids is 1. The van der Waals surface area contributed by atoms with Crippen LogP contribution in [-0.2, 0) is 6.18 Å². The van der Waals surface area contributed by atoms with Crippen molar-refractivity contribution in [3.8, 4) is 17.2 Å². The van der Waals surface area contributed by atoms with E-state index in [0.29, 0.717) is 23.8 Å². The van der Waals surface area contributed by atoms with Crippen LogP contribution in [0.4, 0.5) is 13.2 Å². The van der Waals surface area contributed by atoms with E-state index in [1.807, 2.05) is 0 Å². The van der Waals surface area contributed by atoms with Crippen molar-refractivity contribution in [2.45, 2.75) is 50.4 Å². The second-order valence-corrected chi connectivity index (χ2v) is 8.54. The number of halogens is 3. The number of aliphatic hydroxyl groups is 1. The summed E-state index contributed by atoms with van der Waals surface area (Å²) in [6.45, 7) is 1.69. The number of nitrogens with two attached hydrogens (primary N) is 1. The summed E-state index contributed by atoms with van der Waals surface area (Å²) in [7, 11) is 1.33. The highest BCUT2D eigenvalue weighted by Crippen LogP contribution is 2.37. The molecule has 0 unspecified atom stereocenters. The molecule has 1 aliphatic rings. The number of rotatable bonds is 6. The fourth-order valence-corrected chi connectivity index (χ4v) is 4.16. The molecular formula is C23H25F3N4O4. The fraction of sp³-hybridized carbons (Fsp3) is 0.435. The van der Waals surface area contributed by atoms with Crippen LogP contribution < -0.4 is 15.8 Å². The molecular weight excluding hydrogens is 453 g/mol. The molecule has 34 heavy (non-hydrogen) atoms. The highest BCUT2D eigenvalue weighted by Gasteiger charge is 2.34. The molecule has 1 amide bonds. The summed E-state index contributed by atoms with van der Waals surface area (Å²) in [6, 6.07) is 4.45. The zero-order chi connectivity index (χ0) is 24.7. The highest BCUT2D eigenvalue weighted by molar-refractivity contribution is 5.98. The molecule has 1 atom stereocenters. The Labute approximate surface area is 193 Å². The van der Waals surface area contributed by atoms with E-state index in [1.165, 1.54) is 19.2 Å². The van der Waals surface area contributed by atoms with E-state index in [-0.39, 0.29) is 35.2 Å². The number of aromatic nitrogens is 2. The Morgan fingerprint density at radius 3 is 2.59 bits per heavy atom. The van der Waals surface area contributed by atoms with Gasteiger partial charge in [-0.3, -0.25) is 4.79 Å². The molecule has 1 saturated carbocycles. The summed E-state index contributed by atoms with van der Waals surface area (Å²) in [4.78, 5) is 20.9. The van der Waals surface area contributed by atoms with Crippen LogP contribution >= 0.6 is 0 Å². The number of alkyl halides is 3. The summed E-state index contributed by atoms with van der Waals surface area (Å²) in [5.41, 5.74) is 4.23. The Morgan fingerprint density at radius 2 is 1.97 bits per heavy atom. The zero-order valence-electron chi connectivity index (χ0n) is 18.7. The topological polar surface area (TPSA) is 124 Å². The average Bonchev–Trinajstić information content (AvgIpc) is 3.43. The predicted molar refractivity (Wildman–Crippen MR) is 117 cm³/mol. The molecule has 0 bridgehead atoms. The van der Waals surface area contributed by atoms with Gasteiger partial charge in [0, 0.05) is 17.5 Å². The Morgan fingerprint density at radius 1 is 1.26 bits per heavy atom. The summed E-state index contributed by atoms with van der Waals surface area (Å²) in [6.07, 6.45) is -1.65. The number of hydrogen-bond acceptors (Lipinski definition) is 7. The van der Waals surface area contributed by atoms with E-state index < -0.39 is 29.4 Å². The number of pyridine rings is 1. The zero-order valence-corrected chi connectivity index (χ0v) is 18.7. The number of benzene rings is 1. The third-order valence-corrected chi connectivity index (χ3v) is 5.96. The minimum absolute atomic E-state index is 0.00578. The van der Waals surface area contributed by atoms with Crippen LogP contribution in [0.15, 0.2) is 28.7 Å². The Bertz CT molecular complexity index is 1220. The van der Waals surface area contributed by atoms with Gasteiger partial charge in [-0.15, -0.1) is 0 Å². The van der Waals surface area contributed by atoms with Crippen molar-refractivity contribution in [2.75, 3.05) is 13.7 Å². The molecule has 4 N–H and O–H groups in total. The monoisotopic (exact) mass is 478 g/mol. The molecule has 11 heteroatoms. The molecule has 0 radical (unpaired) electrons. The van der Waals surface area contributed by atoms with Crippen molar-refractivity contribution in [1.82, 2.24) is 15.3 Å². The van der Waals surface area contributed by atoms with Crippen LogP contribution in [0, 0.1) is 0 Å². The lowest BCUT2D eigenvalue weighted by molar-refractivity contribution is -0.140. The maximum atomic E-state index is 13.2. The number of ether oxygens (including phenoxy) is 1. The van der Waals surface area contributed by atoms with E-state index in [0.717, 1.165) is 18.9 Å². The molecule has 3 aromatic rings. The number of fused-ring (bicyclic) bond motifs is 1. The first-order chi connectivity index (χ1) is 16.0. The average molecular weight is 478 g/mol. The first kappa shape index (κ1) is 24.0. The number of nitrogens with zero attached hydrogens (tertiary/aromatic N) is 2. The first-order valence-corrected chi connectivity index (χ1v) is 10.8. The smallest absolute Gasteiger partial charge is 0.433 e. The molecule has 0 spiro atoms. The van der Waals surface area contributed by atoms with Crippen molar-refractivity contribution in [3.63, 3.8) is 0 Å². The fourth-order valence-electron chi connectivity index (χ4n) is 4.16. The lowest BCUT2D eigenvalue weighted by Crippen LogP contribution is -2.41. The largest absolute Gasteiger partial charge is 0.494 e. The minimum Gasteiger partial charge on any atom is -0.494 e. The first-order valence-electron chi connectivity index (χ1n) is 10.8. The SMILES string of the molecule is COc1ccc(-c2nc(C(=O)NCC3(O)CCCC3)c([C@H](C)N)o2)c2ccc(C(F)(F)F)nc12. The second kappa shape index (κ2) is 8.88. The number of nitrogens with one attached hydrogen (secondary N) is 1. The van der Waals surface area contributed by atoms with E-state index >= 15 is 0 Å². The van der Waals surface area contributed by atoms with Crippen LogP contribution in [0.1, 0.15) is 60.6 Å². The molecule has 8 nitrogen and oxygen atoms in total. The summed E-state index contributed by atoms with van der Waals surface area (Å²) in [5.74, 6) is -0.287. The van der Waals surface area contributed by atoms with Gasteiger partial charge in [-0.1, -0.05) is 12.8 Å². The van der Waals surface area contributed by atoms with Crippen LogP contribution in [0.5, 0.6) is 5.75 Å².